The lowest BCUT2D eigenvalue weighted by molar-refractivity contribution is -0.125. The van der Waals surface area contributed by atoms with Gasteiger partial charge in [-0.25, -0.2) is 4.98 Å². The van der Waals surface area contributed by atoms with Gasteiger partial charge in [-0.3, -0.25) is 9.59 Å². The van der Waals surface area contributed by atoms with Gasteiger partial charge in [0.1, 0.15) is 11.4 Å². The Labute approximate surface area is 217 Å². The van der Waals surface area contributed by atoms with Crippen molar-refractivity contribution < 1.29 is 19.1 Å². The number of amides is 2. The fourth-order valence-corrected chi connectivity index (χ4v) is 5.52. The summed E-state index contributed by atoms with van der Waals surface area (Å²) in [6, 6.07) is 5.68. The monoisotopic (exact) mass is 508 g/mol. The molecule has 198 valence electrons. The molecule has 0 unspecified atom stereocenters. The van der Waals surface area contributed by atoms with Crippen molar-refractivity contribution in [3.63, 3.8) is 0 Å². The molecule has 1 aromatic carbocycles. The zero-order valence-electron chi connectivity index (χ0n) is 22.1. The number of morpholine rings is 1. The van der Waals surface area contributed by atoms with Crippen molar-refractivity contribution in [1.82, 2.24) is 14.9 Å². The largest absolute Gasteiger partial charge is 0.495 e. The van der Waals surface area contributed by atoms with Crippen molar-refractivity contribution in [2.24, 2.45) is 5.41 Å². The van der Waals surface area contributed by atoms with Crippen molar-refractivity contribution in [3.8, 4) is 5.75 Å². The van der Waals surface area contributed by atoms with Crippen LogP contribution in [0.4, 0.5) is 23.1 Å². The van der Waals surface area contributed by atoms with E-state index in [4.69, 9.17) is 14.5 Å². The number of hydrogen-bond acceptors (Lipinski definition) is 8. The van der Waals surface area contributed by atoms with E-state index in [0.29, 0.717) is 67.5 Å². The van der Waals surface area contributed by atoms with E-state index < -0.39 is 5.41 Å². The molecule has 1 aromatic heterocycles. The van der Waals surface area contributed by atoms with Gasteiger partial charge < -0.3 is 29.5 Å². The van der Waals surface area contributed by atoms with Gasteiger partial charge in [0.05, 0.1) is 37.6 Å². The quantitative estimate of drug-likeness (QED) is 0.656. The van der Waals surface area contributed by atoms with E-state index in [1.54, 1.807) is 42.3 Å². The number of aromatic nitrogens is 2. The molecule has 37 heavy (non-hydrogen) atoms. The summed E-state index contributed by atoms with van der Waals surface area (Å²) < 4.78 is 11.0. The first kappa shape index (κ1) is 25.3. The first-order valence-electron chi connectivity index (χ1n) is 13.0. The molecule has 1 saturated carbocycles. The van der Waals surface area contributed by atoms with Gasteiger partial charge in [0, 0.05) is 38.3 Å². The number of rotatable bonds is 5. The summed E-state index contributed by atoms with van der Waals surface area (Å²) in [5, 5.41) is 3.28. The minimum Gasteiger partial charge on any atom is -0.495 e. The van der Waals surface area contributed by atoms with Crippen LogP contribution in [0, 0.1) is 5.41 Å². The Morgan fingerprint density at radius 2 is 1.92 bits per heavy atom. The Balaban J connectivity index is 1.45. The lowest BCUT2D eigenvalue weighted by Crippen LogP contribution is -2.45. The van der Waals surface area contributed by atoms with Gasteiger partial charge in [-0.05, 0) is 44.9 Å². The van der Waals surface area contributed by atoms with Crippen molar-refractivity contribution in [1.29, 1.82) is 0 Å². The first-order valence-corrected chi connectivity index (χ1v) is 13.0. The second-order valence-corrected chi connectivity index (χ2v) is 10.7. The molecule has 3 heterocycles. The minimum atomic E-state index is -0.544. The highest BCUT2D eigenvalue weighted by atomic mass is 16.5. The SMILES string of the molecule is COc1cc(C(=O)N2CCOCC2)ccc1Nc1ncc2c(n1)N(C1CCCC1)CC(C)(C)C(=O)N2C. The molecule has 1 N–H and O–H groups in total. The summed E-state index contributed by atoms with van der Waals surface area (Å²) >= 11 is 0. The summed E-state index contributed by atoms with van der Waals surface area (Å²) in [5.74, 6) is 1.72. The molecular formula is C27H36N6O4. The van der Waals surface area contributed by atoms with Crippen LogP contribution in [-0.4, -0.2) is 79.7 Å². The standard InChI is InChI=1S/C27H36N6O4/c1-27(2)17-33(19-7-5-6-8-19)23-21(31(3)25(27)35)16-28-26(30-23)29-20-10-9-18(15-22(20)36-4)24(34)32-11-13-37-14-12-32/h9-10,15-16,19H,5-8,11-14,17H2,1-4H3,(H,28,29,30). The van der Waals surface area contributed by atoms with E-state index in [0.717, 1.165) is 18.7 Å². The van der Waals surface area contributed by atoms with Crippen LogP contribution in [0.1, 0.15) is 49.9 Å². The lowest BCUT2D eigenvalue weighted by atomic mass is 9.91. The Bertz CT molecular complexity index is 1170. The average molecular weight is 509 g/mol. The lowest BCUT2D eigenvalue weighted by Gasteiger charge is -2.34. The normalized spacial score (nSPS) is 20.0. The number of fused-ring (bicyclic) bond motifs is 1. The molecule has 1 saturated heterocycles. The summed E-state index contributed by atoms with van der Waals surface area (Å²) in [4.78, 5) is 41.4. The number of benzene rings is 1. The van der Waals surface area contributed by atoms with Crippen LogP contribution in [0.3, 0.4) is 0 Å². The fraction of sp³-hybridized carbons (Fsp3) is 0.556. The van der Waals surface area contributed by atoms with Crippen LogP contribution in [0.25, 0.3) is 0 Å². The van der Waals surface area contributed by atoms with Crippen molar-refractivity contribution in [3.05, 3.63) is 30.0 Å². The molecule has 0 radical (unpaired) electrons. The maximum absolute atomic E-state index is 13.2. The molecule has 2 aromatic rings. The van der Waals surface area contributed by atoms with Gasteiger partial charge in [0.25, 0.3) is 5.91 Å². The molecule has 3 aliphatic rings. The summed E-state index contributed by atoms with van der Waals surface area (Å²) in [7, 11) is 3.37. The molecule has 2 aliphatic heterocycles. The second kappa shape index (κ2) is 10.2. The second-order valence-electron chi connectivity index (χ2n) is 10.7. The number of hydrogen-bond donors (Lipinski definition) is 1. The smallest absolute Gasteiger partial charge is 0.254 e. The highest BCUT2D eigenvalue weighted by Crippen LogP contribution is 2.40. The van der Waals surface area contributed by atoms with E-state index >= 15 is 0 Å². The minimum absolute atomic E-state index is 0.0445. The summed E-state index contributed by atoms with van der Waals surface area (Å²) in [5.41, 5.74) is 1.39. The van der Waals surface area contributed by atoms with Gasteiger partial charge >= 0.3 is 0 Å². The molecule has 10 heteroatoms. The predicted molar refractivity (Wildman–Crippen MR) is 142 cm³/mol. The molecule has 1 aliphatic carbocycles. The Hall–Kier alpha value is -3.40. The first-order chi connectivity index (χ1) is 17.8. The average Bonchev–Trinajstić information content (AvgIpc) is 3.44. The zero-order valence-corrected chi connectivity index (χ0v) is 22.1. The van der Waals surface area contributed by atoms with E-state index in [9.17, 15) is 9.59 Å². The number of nitrogens with zero attached hydrogens (tertiary/aromatic N) is 5. The van der Waals surface area contributed by atoms with Crippen LogP contribution in [0.2, 0.25) is 0 Å². The molecule has 0 spiro atoms. The topological polar surface area (TPSA) is 100 Å². The third kappa shape index (κ3) is 4.94. The summed E-state index contributed by atoms with van der Waals surface area (Å²) in [6.45, 7) is 6.85. The van der Waals surface area contributed by atoms with E-state index in [1.807, 2.05) is 19.9 Å². The molecular weight excluding hydrogens is 472 g/mol. The van der Waals surface area contributed by atoms with Gasteiger partial charge in [-0.15, -0.1) is 0 Å². The Morgan fingerprint density at radius 3 is 2.62 bits per heavy atom. The maximum atomic E-state index is 13.2. The molecule has 0 atom stereocenters. The van der Waals surface area contributed by atoms with E-state index in [1.165, 1.54) is 12.8 Å². The Morgan fingerprint density at radius 1 is 1.19 bits per heavy atom. The van der Waals surface area contributed by atoms with Crippen LogP contribution in [0.15, 0.2) is 24.4 Å². The summed E-state index contributed by atoms with van der Waals surface area (Å²) in [6.07, 6.45) is 6.27. The molecule has 2 fully saturated rings. The number of carbonyl (C=O) groups is 2. The third-order valence-electron chi connectivity index (χ3n) is 7.59. The molecule has 0 bridgehead atoms. The number of ether oxygens (including phenoxy) is 2. The predicted octanol–water partition coefficient (Wildman–Crippen LogP) is 3.45. The van der Waals surface area contributed by atoms with Crippen molar-refractivity contribution in [2.45, 2.75) is 45.6 Å². The number of nitrogens with one attached hydrogen (secondary N) is 1. The Kier molecular flexibility index (Phi) is 6.94. The highest BCUT2D eigenvalue weighted by Gasteiger charge is 2.41. The van der Waals surface area contributed by atoms with Crippen molar-refractivity contribution in [2.75, 3.05) is 62.1 Å². The number of methoxy groups -OCH3 is 1. The molecule has 10 nitrogen and oxygen atoms in total. The van der Waals surface area contributed by atoms with Gasteiger partial charge in [-0.2, -0.15) is 4.98 Å². The molecule has 5 rings (SSSR count). The van der Waals surface area contributed by atoms with Crippen LogP contribution in [0.5, 0.6) is 5.75 Å². The zero-order chi connectivity index (χ0) is 26.2. The molecule has 2 amide bonds. The number of carbonyl (C=O) groups excluding carboxylic acids is 2. The highest BCUT2D eigenvalue weighted by molar-refractivity contribution is 6.01. The van der Waals surface area contributed by atoms with Crippen LogP contribution >= 0.6 is 0 Å². The van der Waals surface area contributed by atoms with Crippen molar-refractivity contribution >= 4 is 35.0 Å². The third-order valence-corrected chi connectivity index (χ3v) is 7.59. The number of anilines is 4. The van der Waals surface area contributed by atoms with Gasteiger partial charge in [-0.1, -0.05) is 12.8 Å². The van der Waals surface area contributed by atoms with Gasteiger partial charge in [0.15, 0.2) is 5.82 Å². The van der Waals surface area contributed by atoms with Crippen LogP contribution in [-0.2, 0) is 9.53 Å². The van der Waals surface area contributed by atoms with Gasteiger partial charge in [0.2, 0.25) is 11.9 Å². The fourth-order valence-electron chi connectivity index (χ4n) is 5.52. The maximum Gasteiger partial charge on any atom is 0.254 e. The van der Waals surface area contributed by atoms with E-state index in [2.05, 4.69) is 15.2 Å². The van der Waals surface area contributed by atoms with Crippen LogP contribution < -0.4 is 19.9 Å². The van der Waals surface area contributed by atoms with E-state index in [-0.39, 0.29) is 11.8 Å².